The van der Waals surface area contributed by atoms with Crippen molar-refractivity contribution in [2.75, 3.05) is 18.6 Å². The first kappa shape index (κ1) is 21.0. The number of ether oxygens (including phenoxy) is 1. The van der Waals surface area contributed by atoms with Crippen molar-refractivity contribution in [3.05, 3.63) is 83.9 Å². The highest BCUT2D eigenvalue weighted by Gasteiger charge is 2.70. The predicted octanol–water partition coefficient (Wildman–Crippen LogP) is 3.68. The molecule has 3 aromatic carbocycles. The quantitative estimate of drug-likeness (QED) is 0.577. The third kappa shape index (κ3) is 2.61. The van der Waals surface area contributed by atoms with Crippen LogP contribution in [0.4, 0.5) is 10.1 Å². The van der Waals surface area contributed by atoms with Crippen molar-refractivity contribution in [1.82, 2.24) is 0 Å². The highest BCUT2D eigenvalue weighted by atomic mass is 32.3. The normalized spacial score (nSPS) is 22.1. The lowest BCUT2D eigenvalue weighted by Gasteiger charge is -2.43. The maximum Gasteiger partial charge on any atom is 0.341 e. The van der Waals surface area contributed by atoms with E-state index in [2.05, 4.69) is 0 Å². The Morgan fingerprint density at radius 1 is 0.875 bits per heavy atom. The molecule has 0 aliphatic carbocycles. The lowest BCUT2D eigenvalue weighted by atomic mass is 9.92. The first-order valence-electron chi connectivity index (χ1n) is 9.99. The number of methoxy groups -OCH3 is 1. The molecule has 0 aromatic heterocycles. The smallest absolute Gasteiger partial charge is 0.341 e. The molecule has 0 amide bonds. The molecular formula is C23H20FNO5S2. The predicted molar refractivity (Wildman–Crippen MR) is 118 cm³/mol. The van der Waals surface area contributed by atoms with Crippen LogP contribution in [-0.4, -0.2) is 34.8 Å². The molecule has 2 aliphatic heterocycles. The number of alkyl halides is 1. The van der Waals surface area contributed by atoms with Crippen LogP contribution in [-0.2, 0) is 26.1 Å². The van der Waals surface area contributed by atoms with Crippen LogP contribution in [0, 0.1) is 0 Å². The molecule has 6 nitrogen and oxygen atoms in total. The van der Waals surface area contributed by atoms with Crippen LogP contribution in [0.25, 0.3) is 0 Å². The van der Waals surface area contributed by atoms with E-state index < -0.39 is 39.8 Å². The van der Waals surface area contributed by atoms with Crippen molar-refractivity contribution in [3.63, 3.8) is 0 Å². The Balaban J connectivity index is 1.79. The van der Waals surface area contributed by atoms with Crippen LogP contribution >= 0.6 is 0 Å². The van der Waals surface area contributed by atoms with Gasteiger partial charge in [-0.05, 0) is 53.9 Å². The monoisotopic (exact) mass is 473 g/mol. The fourth-order valence-corrected chi connectivity index (χ4v) is 9.85. The maximum atomic E-state index is 17.1. The van der Waals surface area contributed by atoms with Crippen LogP contribution in [0.5, 0.6) is 5.75 Å². The van der Waals surface area contributed by atoms with Crippen LogP contribution < -0.4 is 9.64 Å². The van der Waals surface area contributed by atoms with Crippen LogP contribution in [0.15, 0.2) is 82.6 Å². The van der Waals surface area contributed by atoms with Crippen molar-refractivity contribution in [2.24, 2.45) is 0 Å². The summed E-state index contributed by atoms with van der Waals surface area (Å²) in [6.07, 6.45) is 0.516. The minimum atomic E-state index is -4.87. The summed E-state index contributed by atoms with van der Waals surface area (Å²) in [7, 11) is -8.23. The van der Waals surface area contributed by atoms with E-state index in [0.29, 0.717) is 23.4 Å². The highest BCUT2D eigenvalue weighted by molar-refractivity contribution is 8.12. The van der Waals surface area contributed by atoms with Gasteiger partial charge in [0.1, 0.15) is 11.8 Å². The second-order valence-electron chi connectivity index (χ2n) is 7.78. The second kappa shape index (κ2) is 7.05. The van der Waals surface area contributed by atoms with Gasteiger partial charge in [0.05, 0.1) is 16.9 Å². The summed E-state index contributed by atoms with van der Waals surface area (Å²) >= 11 is 0. The van der Waals surface area contributed by atoms with E-state index in [4.69, 9.17) is 4.74 Å². The molecule has 0 saturated carbocycles. The first-order valence-corrected chi connectivity index (χ1v) is 13.0. The fraction of sp³-hybridized carbons (Fsp3) is 0.217. The Bertz CT molecular complexity index is 1370. The molecule has 5 rings (SSSR count). The molecule has 1 atom stereocenters. The minimum absolute atomic E-state index is 0.251. The number of hydrogen-bond donors (Lipinski definition) is 0. The summed E-state index contributed by atoms with van der Waals surface area (Å²) in [6, 6.07) is 17.0. The van der Waals surface area contributed by atoms with Crippen LogP contribution in [0.1, 0.15) is 17.2 Å². The number of hydrogen-bond acceptors (Lipinski definition) is 6. The number of halogens is 1. The molecule has 0 radical (unpaired) electrons. The van der Waals surface area contributed by atoms with Crippen molar-refractivity contribution >= 4 is 25.4 Å². The number of benzene rings is 3. The van der Waals surface area contributed by atoms with Crippen molar-refractivity contribution in [1.29, 1.82) is 0 Å². The molecule has 9 heteroatoms. The zero-order valence-electron chi connectivity index (χ0n) is 17.1. The fourth-order valence-electron chi connectivity index (χ4n) is 4.62. The highest BCUT2D eigenvalue weighted by Crippen LogP contribution is 2.56. The number of nitrogens with zero attached hydrogens (tertiary/aromatic N) is 1. The van der Waals surface area contributed by atoms with Crippen LogP contribution in [0.2, 0.25) is 0 Å². The molecule has 166 valence electrons. The van der Waals surface area contributed by atoms with Gasteiger partial charge in [-0.25, -0.2) is 21.2 Å². The Kier molecular flexibility index (Phi) is 4.62. The molecule has 32 heavy (non-hydrogen) atoms. The van der Waals surface area contributed by atoms with Gasteiger partial charge in [-0.2, -0.15) is 0 Å². The molecule has 0 bridgehead atoms. The summed E-state index contributed by atoms with van der Waals surface area (Å²) in [5, 5.41) is 0. The lowest BCUT2D eigenvalue weighted by Crippen LogP contribution is -2.53. The SMILES string of the molecule is COc1ccc(N2CCc3ccccc3C2C2(F)S(=O)(=O)c3ccccc3S2(=O)=O)cc1. The molecular weight excluding hydrogens is 453 g/mol. The van der Waals surface area contributed by atoms with Gasteiger partial charge in [0.2, 0.25) is 19.7 Å². The maximum absolute atomic E-state index is 17.1. The summed E-state index contributed by atoms with van der Waals surface area (Å²) in [5.74, 6) is 0.575. The topological polar surface area (TPSA) is 80.8 Å². The van der Waals surface area contributed by atoms with Gasteiger partial charge in [-0.1, -0.05) is 36.4 Å². The van der Waals surface area contributed by atoms with Gasteiger partial charge >= 0.3 is 4.33 Å². The molecule has 2 heterocycles. The Hall–Kier alpha value is -2.91. The van der Waals surface area contributed by atoms with Gasteiger partial charge in [-0.3, -0.25) is 0 Å². The van der Waals surface area contributed by atoms with Crippen molar-refractivity contribution in [2.45, 2.75) is 26.6 Å². The van der Waals surface area contributed by atoms with Crippen molar-refractivity contribution < 1.29 is 26.0 Å². The lowest BCUT2D eigenvalue weighted by molar-refractivity contribution is 0.297. The van der Waals surface area contributed by atoms with Gasteiger partial charge in [0.15, 0.2) is 0 Å². The zero-order valence-corrected chi connectivity index (χ0v) is 18.7. The second-order valence-corrected chi connectivity index (χ2v) is 12.1. The largest absolute Gasteiger partial charge is 0.497 e. The molecule has 3 aromatic rings. The molecule has 2 aliphatic rings. The summed E-state index contributed by atoms with van der Waals surface area (Å²) in [4.78, 5) is 0.531. The van der Waals surface area contributed by atoms with Gasteiger partial charge in [-0.15, -0.1) is 0 Å². The molecule has 0 spiro atoms. The average Bonchev–Trinajstić information content (AvgIpc) is 2.94. The van der Waals surface area contributed by atoms with E-state index in [0.717, 1.165) is 17.7 Å². The van der Waals surface area contributed by atoms with E-state index in [1.165, 1.54) is 24.1 Å². The number of rotatable bonds is 3. The van der Waals surface area contributed by atoms with Crippen LogP contribution in [0.3, 0.4) is 0 Å². The van der Waals surface area contributed by atoms with E-state index in [-0.39, 0.29) is 6.54 Å². The zero-order chi connectivity index (χ0) is 22.7. The number of sulfone groups is 2. The summed E-state index contributed by atoms with van der Waals surface area (Å²) < 4.78 is 72.7. The molecule has 0 fully saturated rings. The van der Waals surface area contributed by atoms with Gasteiger partial charge in [0, 0.05) is 12.2 Å². The molecule has 0 N–H and O–H groups in total. The van der Waals surface area contributed by atoms with Crippen molar-refractivity contribution in [3.8, 4) is 5.75 Å². The van der Waals surface area contributed by atoms with E-state index in [1.54, 1.807) is 48.5 Å². The van der Waals surface area contributed by atoms with E-state index >= 15 is 4.39 Å². The Labute approximate surface area is 186 Å². The summed E-state index contributed by atoms with van der Waals surface area (Å²) in [5.41, 5.74) is 1.57. The third-order valence-electron chi connectivity index (χ3n) is 6.18. The molecule has 0 saturated heterocycles. The first-order chi connectivity index (χ1) is 15.2. The Morgan fingerprint density at radius 2 is 1.44 bits per heavy atom. The third-order valence-corrected chi connectivity index (χ3v) is 11.4. The standard InChI is InChI=1S/C23H20FNO5S2/c1-30-18-12-10-17(11-13-18)25-15-14-16-6-2-3-7-19(16)22(25)23(24)31(26,27)20-8-4-5-9-21(20)32(23,28)29/h2-13,22H,14-15H2,1H3. The number of fused-ring (bicyclic) bond motifs is 2. The van der Waals surface area contributed by atoms with E-state index in [9.17, 15) is 16.8 Å². The van der Waals surface area contributed by atoms with Gasteiger partial charge < -0.3 is 9.64 Å². The minimum Gasteiger partial charge on any atom is -0.497 e. The van der Waals surface area contributed by atoms with Gasteiger partial charge in [0.25, 0.3) is 0 Å². The van der Waals surface area contributed by atoms with E-state index in [1.807, 2.05) is 0 Å². The average molecular weight is 474 g/mol. The summed E-state index contributed by atoms with van der Waals surface area (Å²) in [6.45, 7) is 0.251. The molecule has 1 unspecified atom stereocenters. The Morgan fingerprint density at radius 3 is 2.03 bits per heavy atom. The number of anilines is 1.